The highest BCUT2D eigenvalue weighted by atomic mass is 15.1. The summed E-state index contributed by atoms with van der Waals surface area (Å²) in [6.07, 6.45) is 7.56. The number of nitrogens with zero attached hydrogens (tertiary/aromatic N) is 3. The summed E-state index contributed by atoms with van der Waals surface area (Å²) in [4.78, 5) is 6.96. The van der Waals surface area contributed by atoms with Crippen molar-refractivity contribution in [1.29, 1.82) is 0 Å². The summed E-state index contributed by atoms with van der Waals surface area (Å²) in [6.45, 7) is 2.41. The maximum absolute atomic E-state index is 5.85. The van der Waals surface area contributed by atoms with Gasteiger partial charge in [0.25, 0.3) is 0 Å². The van der Waals surface area contributed by atoms with Gasteiger partial charge in [0.2, 0.25) is 0 Å². The average molecular weight is 244 g/mol. The summed E-state index contributed by atoms with van der Waals surface area (Å²) in [5, 5.41) is 0. The normalized spacial score (nSPS) is 21.5. The molecule has 4 nitrogen and oxygen atoms in total. The van der Waals surface area contributed by atoms with E-state index < -0.39 is 0 Å². The lowest BCUT2D eigenvalue weighted by atomic mass is 9.95. The SMILES string of the molecule is CN1CCCC(Cc2ncc3ccc(N)cn23)C1. The van der Waals surface area contributed by atoms with Crippen molar-refractivity contribution in [3.8, 4) is 0 Å². The molecule has 0 spiro atoms. The number of hydrogen-bond acceptors (Lipinski definition) is 3. The first kappa shape index (κ1) is 11.5. The van der Waals surface area contributed by atoms with Crippen LogP contribution >= 0.6 is 0 Å². The molecular weight excluding hydrogens is 224 g/mol. The number of pyridine rings is 1. The standard InChI is InChI=1S/C14H20N4/c1-17-6-2-3-11(9-17)7-14-16-8-13-5-4-12(15)10-18(13)14/h4-5,8,10-11H,2-3,6-7,9,15H2,1H3. The van der Waals surface area contributed by atoms with Crippen molar-refractivity contribution in [2.45, 2.75) is 19.3 Å². The molecule has 0 aromatic carbocycles. The van der Waals surface area contributed by atoms with Gasteiger partial charge < -0.3 is 15.0 Å². The van der Waals surface area contributed by atoms with E-state index in [1.807, 2.05) is 24.5 Å². The van der Waals surface area contributed by atoms with Gasteiger partial charge in [0, 0.05) is 24.8 Å². The molecule has 1 unspecified atom stereocenters. The molecule has 1 atom stereocenters. The van der Waals surface area contributed by atoms with Gasteiger partial charge >= 0.3 is 0 Å². The van der Waals surface area contributed by atoms with Crippen LogP contribution in [0.15, 0.2) is 24.5 Å². The Bertz CT molecular complexity index is 546. The molecule has 1 aliphatic heterocycles. The third kappa shape index (κ3) is 2.20. The van der Waals surface area contributed by atoms with Gasteiger partial charge in [0.1, 0.15) is 5.82 Å². The van der Waals surface area contributed by atoms with Crippen molar-refractivity contribution in [2.75, 3.05) is 25.9 Å². The van der Waals surface area contributed by atoms with E-state index in [0.29, 0.717) is 0 Å². The fourth-order valence-electron chi connectivity index (χ4n) is 2.91. The number of nitrogens with two attached hydrogens (primary N) is 1. The predicted octanol–water partition coefficient (Wildman–Crippen LogP) is 1.80. The Morgan fingerprint density at radius 1 is 1.44 bits per heavy atom. The molecule has 1 saturated heterocycles. The van der Waals surface area contributed by atoms with E-state index in [-0.39, 0.29) is 0 Å². The first-order valence-corrected chi connectivity index (χ1v) is 6.62. The van der Waals surface area contributed by atoms with Crippen molar-refractivity contribution in [2.24, 2.45) is 5.92 Å². The topological polar surface area (TPSA) is 46.6 Å². The molecule has 0 bridgehead atoms. The second-order valence-corrected chi connectivity index (χ2v) is 5.41. The van der Waals surface area contributed by atoms with Crippen molar-refractivity contribution in [3.63, 3.8) is 0 Å². The number of piperidine rings is 1. The number of imidazole rings is 1. The second-order valence-electron chi connectivity index (χ2n) is 5.41. The third-order valence-corrected chi connectivity index (χ3v) is 3.82. The molecule has 3 heterocycles. The van der Waals surface area contributed by atoms with Gasteiger partial charge in [0.15, 0.2) is 0 Å². The van der Waals surface area contributed by atoms with Gasteiger partial charge in [-0.05, 0) is 44.5 Å². The van der Waals surface area contributed by atoms with Gasteiger partial charge in [-0.3, -0.25) is 0 Å². The maximum Gasteiger partial charge on any atom is 0.113 e. The molecule has 0 saturated carbocycles. The van der Waals surface area contributed by atoms with Crippen molar-refractivity contribution >= 4 is 11.2 Å². The number of hydrogen-bond donors (Lipinski definition) is 1. The number of nitrogen functional groups attached to an aromatic ring is 1. The summed E-state index contributed by atoms with van der Waals surface area (Å²) in [7, 11) is 2.20. The van der Waals surface area contributed by atoms with Crippen molar-refractivity contribution < 1.29 is 0 Å². The van der Waals surface area contributed by atoms with E-state index in [2.05, 4.69) is 21.3 Å². The zero-order valence-electron chi connectivity index (χ0n) is 10.8. The highest BCUT2D eigenvalue weighted by molar-refractivity contribution is 5.52. The van der Waals surface area contributed by atoms with Crippen LogP contribution in [0.4, 0.5) is 5.69 Å². The van der Waals surface area contributed by atoms with Crippen molar-refractivity contribution in [1.82, 2.24) is 14.3 Å². The van der Waals surface area contributed by atoms with E-state index in [0.717, 1.165) is 29.4 Å². The summed E-state index contributed by atoms with van der Waals surface area (Å²) in [5.74, 6) is 1.85. The Hall–Kier alpha value is -1.55. The Kier molecular flexibility index (Phi) is 2.96. The molecule has 0 amide bonds. The Morgan fingerprint density at radius 3 is 3.17 bits per heavy atom. The molecule has 1 aliphatic rings. The Morgan fingerprint density at radius 2 is 2.33 bits per heavy atom. The van der Waals surface area contributed by atoms with Crippen LogP contribution in [0.2, 0.25) is 0 Å². The smallest absolute Gasteiger partial charge is 0.113 e. The fourth-order valence-corrected chi connectivity index (χ4v) is 2.91. The number of aromatic nitrogens is 2. The zero-order chi connectivity index (χ0) is 12.5. The molecule has 18 heavy (non-hydrogen) atoms. The van der Waals surface area contributed by atoms with Crippen LogP contribution in [0.25, 0.3) is 5.52 Å². The lowest BCUT2D eigenvalue weighted by Crippen LogP contribution is -2.33. The minimum Gasteiger partial charge on any atom is -0.398 e. The molecule has 2 aromatic heterocycles. The number of rotatable bonds is 2. The molecule has 2 N–H and O–H groups in total. The first-order valence-electron chi connectivity index (χ1n) is 6.62. The molecule has 2 aromatic rings. The van der Waals surface area contributed by atoms with E-state index in [4.69, 9.17) is 5.73 Å². The molecule has 4 heteroatoms. The van der Waals surface area contributed by atoms with Gasteiger partial charge in [-0.25, -0.2) is 4.98 Å². The number of fused-ring (bicyclic) bond motifs is 1. The minimum atomic E-state index is 0.718. The van der Waals surface area contributed by atoms with Crippen LogP contribution in [-0.2, 0) is 6.42 Å². The van der Waals surface area contributed by atoms with Crippen LogP contribution in [0.1, 0.15) is 18.7 Å². The molecular formula is C14H20N4. The average Bonchev–Trinajstić information content (AvgIpc) is 2.72. The van der Waals surface area contributed by atoms with Crippen LogP contribution < -0.4 is 5.73 Å². The van der Waals surface area contributed by atoms with E-state index in [9.17, 15) is 0 Å². The Balaban J connectivity index is 1.83. The van der Waals surface area contributed by atoms with E-state index >= 15 is 0 Å². The van der Waals surface area contributed by atoms with E-state index in [1.165, 1.54) is 25.9 Å². The van der Waals surface area contributed by atoms with Crippen LogP contribution in [0, 0.1) is 5.92 Å². The van der Waals surface area contributed by atoms with Crippen LogP contribution in [0.5, 0.6) is 0 Å². The summed E-state index contributed by atoms with van der Waals surface area (Å²) >= 11 is 0. The van der Waals surface area contributed by atoms with Gasteiger partial charge in [-0.15, -0.1) is 0 Å². The predicted molar refractivity (Wildman–Crippen MR) is 73.5 cm³/mol. The second kappa shape index (κ2) is 4.61. The lowest BCUT2D eigenvalue weighted by Gasteiger charge is -2.29. The summed E-state index contributed by atoms with van der Waals surface area (Å²) in [6, 6.07) is 3.95. The van der Waals surface area contributed by atoms with E-state index in [1.54, 1.807) is 0 Å². The largest absolute Gasteiger partial charge is 0.398 e. The first-order chi connectivity index (χ1) is 8.72. The van der Waals surface area contributed by atoms with Gasteiger partial charge in [-0.1, -0.05) is 0 Å². The Labute approximate surface area is 107 Å². The minimum absolute atomic E-state index is 0.718. The van der Waals surface area contributed by atoms with Crippen molar-refractivity contribution in [3.05, 3.63) is 30.4 Å². The van der Waals surface area contributed by atoms with Gasteiger partial charge in [-0.2, -0.15) is 0 Å². The van der Waals surface area contributed by atoms with Gasteiger partial charge in [0.05, 0.1) is 11.7 Å². The third-order valence-electron chi connectivity index (χ3n) is 3.82. The maximum atomic E-state index is 5.85. The number of anilines is 1. The summed E-state index contributed by atoms with van der Waals surface area (Å²) in [5.41, 5.74) is 7.77. The summed E-state index contributed by atoms with van der Waals surface area (Å²) < 4.78 is 2.13. The highest BCUT2D eigenvalue weighted by Crippen LogP contribution is 2.20. The highest BCUT2D eigenvalue weighted by Gasteiger charge is 2.19. The molecule has 96 valence electrons. The molecule has 3 rings (SSSR count). The number of likely N-dealkylation sites (tertiary alicyclic amines) is 1. The molecule has 0 radical (unpaired) electrons. The van der Waals surface area contributed by atoms with Crippen LogP contribution in [-0.4, -0.2) is 34.4 Å². The molecule has 1 fully saturated rings. The zero-order valence-corrected chi connectivity index (χ0v) is 10.8. The van der Waals surface area contributed by atoms with Crippen LogP contribution in [0.3, 0.4) is 0 Å². The molecule has 0 aliphatic carbocycles. The monoisotopic (exact) mass is 244 g/mol. The quantitative estimate of drug-likeness (QED) is 0.876. The lowest BCUT2D eigenvalue weighted by molar-refractivity contribution is 0.207. The fraction of sp³-hybridized carbons (Fsp3) is 0.500.